The van der Waals surface area contributed by atoms with Crippen LogP contribution in [-0.4, -0.2) is 30.0 Å². The average Bonchev–Trinajstić information content (AvgIpc) is 2.59. The van der Waals surface area contributed by atoms with Crippen LogP contribution in [0.3, 0.4) is 0 Å². The van der Waals surface area contributed by atoms with E-state index in [4.69, 9.17) is 4.74 Å². The summed E-state index contributed by atoms with van der Waals surface area (Å²) in [4.78, 5) is 16.7. The Bertz CT molecular complexity index is 658. The lowest BCUT2D eigenvalue weighted by Crippen LogP contribution is -2.33. The second-order valence-electron chi connectivity index (χ2n) is 5.27. The van der Waals surface area contributed by atoms with Crippen molar-refractivity contribution in [1.29, 1.82) is 0 Å². The summed E-state index contributed by atoms with van der Waals surface area (Å²) in [6, 6.07) is 11.0. The van der Waals surface area contributed by atoms with E-state index in [2.05, 4.69) is 15.6 Å². The van der Waals surface area contributed by atoms with Crippen LogP contribution in [0.4, 0.5) is 5.69 Å². The summed E-state index contributed by atoms with van der Waals surface area (Å²) in [5, 5.41) is 6.46. The third-order valence-electron chi connectivity index (χ3n) is 3.65. The monoisotopic (exact) mass is 297 g/mol. The summed E-state index contributed by atoms with van der Waals surface area (Å²) >= 11 is 0. The molecule has 2 aromatic rings. The number of nitrogens with zero attached hydrogens (tertiary/aromatic N) is 1. The first-order valence-corrected chi connectivity index (χ1v) is 7.42. The van der Waals surface area contributed by atoms with E-state index >= 15 is 0 Å². The summed E-state index contributed by atoms with van der Waals surface area (Å²) in [7, 11) is 0. The first-order valence-electron chi connectivity index (χ1n) is 7.42. The molecule has 2 heterocycles. The maximum absolute atomic E-state index is 12.5. The molecule has 1 aliphatic rings. The van der Waals surface area contributed by atoms with Crippen molar-refractivity contribution < 1.29 is 9.53 Å². The van der Waals surface area contributed by atoms with Crippen LogP contribution < -0.4 is 15.4 Å². The highest BCUT2D eigenvalue weighted by molar-refractivity contribution is 6.01. The molecular formula is C17H19N3O2. The zero-order chi connectivity index (χ0) is 15.4. The number of ether oxygens (including phenoxy) is 1. The van der Waals surface area contributed by atoms with Crippen molar-refractivity contribution in [3.63, 3.8) is 0 Å². The number of nitrogens with one attached hydrogen (secondary N) is 2. The Morgan fingerprint density at radius 2 is 2.32 bits per heavy atom. The molecule has 114 valence electrons. The second-order valence-corrected chi connectivity index (χ2v) is 5.27. The largest absolute Gasteiger partial charge is 0.490 e. The van der Waals surface area contributed by atoms with Crippen molar-refractivity contribution in [2.45, 2.75) is 19.5 Å². The number of hydrogen-bond donors (Lipinski definition) is 2. The van der Waals surface area contributed by atoms with Gasteiger partial charge in [-0.25, -0.2) is 0 Å². The Hall–Kier alpha value is -2.40. The van der Waals surface area contributed by atoms with Crippen molar-refractivity contribution in [2.75, 3.05) is 18.5 Å². The van der Waals surface area contributed by atoms with Crippen LogP contribution in [0.25, 0.3) is 0 Å². The lowest BCUT2D eigenvalue weighted by molar-refractivity contribution is 0.0950. The highest BCUT2D eigenvalue weighted by Gasteiger charge is 2.18. The minimum absolute atomic E-state index is 0.0612. The minimum atomic E-state index is -0.274. The van der Waals surface area contributed by atoms with Crippen LogP contribution in [0.15, 0.2) is 42.6 Å². The summed E-state index contributed by atoms with van der Waals surface area (Å²) in [6.07, 6.45) is 1.75. The second kappa shape index (κ2) is 6.58. The fraction of sp³-hybridized carbons (Fsp3) is 0.294. The molecule has 2 N–H and O–H groups in total. The van der Waals surface area contributed by atoms with Gasteiger partial charge in [-0.3, -0.25) is 9.78 Å². The summed E-state index contributed by atoms with van der Waals surface area (Å²) in [5.74, 6) is 0.864. The number of pyridine rings is 1. The molecule has 0 fully saturated rings. The number of hydrogen-bond acceptors (Lipinski definition) is 5. The fourth-order valence-electron chi connectivity index (χ4n) is 2.40. The SMILES string of the molecule is CC(NCc1ccccn1)C(=O)c1ccc2c(c1)NCCO2. The lowest BCUT2D eigenvalue weighted by atomic mass is 10.0. The third-order valence-corrected chi connectivity index (χ3v) is 3.65. The van der Waals surface area contributed by atoms with E-state index < -0.39 is 0 Å². The number of Topliss-reactive ketones (excluding diaryl/α,β-unsaturated/α-hetero) is 1. The van der Waals surface area contributed by atoms with E-state index in [0.29, 0.717) is 18.7 Å². The van der Waals surface area contributed by atoms with E-state index in [1.165, 1.54) is 0 Å². The van der Waals surface area contributed by atoms with Crippen molar-refractivity contribution in [3.05, 3.63) is 53.9 Å². The molecule has 5 heteroatoms. The van der Waals surface area contributed by atoms with Crippen molar-refractivity contribution >= 4 is 11.5 Å². The predicted octanol–water partition coefficient (Wildman–Crippen LogP) is 2.25. The Kier molecular flexibility index (Phi) is 4.34. The van der Waals surface area contributed by atoms with Crippen LogP contribution in [0.1, 0.15) is 23.0 Å². The molecule has 3 rings (SSSR count). The molecule has 1 aromatic heterocycles. The molecule has 1 aromatic carbocycles. The summed E-state index contributed by atoms with van der Waals surface area (Å²) in [6.45, 7) is 3.86. The van der Waals surface area contributed by atoms with Crippen LogP contribution in [0, 0.1) is 0 Å². The molecule has 0 radical (unpaired) electrons. The molecule has 0 bridgehead atoms. The molecular weight excluding hydrogens is 278 g/mol. The average molecular weight is 297 g/mol. The van der Waals surface area contributed by atoms with Gasteiger partial charge in [-0.1, -0.05) is 6.07 Å². The molecule has 1 unspecified atom stereocenters. The van der Waals surface area contributed by atoms with Crippen LogP contribution in [-0.2, 0) is 6.54 Å². The molecule has 1 aliphatic heterocycles. The van der Waals surface area contributed by atoms with Gasteiger partial charge in [-0.05, 0) is 37.3 Å². The van der Waals surface area contributed by atoms with Crippen molar-refractivity contribution in [1.82, 2.24) is 10.3 Å². The Morgan fingerprint density at radius 1 is 1.41 bits per heavy atom. The predicted molar refractivity (Wildman–Crippen MR) is 85.3 cm³/mol. The van der Waals surface area contributed by atoms with E-state index in [0.717, 1.165) is 23.7 Å². The van der Waals surface area contributed by atoms with Gasteiger partial charge in [0.1, 0.15) is 12.4 Å². The van der Waals surface area contributed by atoms with Gasteiger partial charge < -0.3 is 15.4 Å². The first-order chi connectivity index (χ1) is 10.7. The molecule has 5 nitrogen and oxygen atoms in total. The fourth-order valence-corrected chi connectivity index (χ4v) is 2.40. The quantitative estimate of drug-likeness (QED) is 0.829. The van der Waals surface area contributed by atoms with Crippen LogP contribution in [0.2, 0.25) is 0 Å². The molecule has 1 atom stereocenters. The van der Waals surface area contributed by atoms with E-state index in [-0.39, 0.29) is 11.8 Å². The zero-order valence-electron chi connectivity index (χ0n) is 12.5. The number of aromatic nitrogens is 1. The number of anilines is 1. The maximum Gasteiger partial charge on any atom is 0.179 e. The topological polar surface area (TPSA) is 63.2 Å². The van der Waals surface area contributed by atoms with Gasteiger partial charge in [0, 0.05) is 24.8 Å². The Morgan fingerprint density at radius 3 is 3.14 bits per heavy atom. The lowest BCUT2D eigenvalue weighted by Gasteiger charge is -2.20. The number of carbonyl (C=O) groups excluding carboxylic acids is 1. The van der Waals surface area contributed by atoms with E-state index in [9.17, 15) is 4.79 Å². The number of carbonyl (C=O) groups is 1. The van der Waals surface area contributed by atoms with Crippen molar-refractivity contribution in [3.8, 4) is 5.75 Å². The van der Waals surface area contributed by atoms with Crippen LogP contribution in [0.5, 0.6) is 5.75 Å². The zero-order valence-corrected chi connectivity index (χ0v) is 12.5. The summed E-state index contributed by atoms with van der Waals surface area (Å²) in [5.41, 5.74) is 2.48. The van der Waals surface area contributed by atoms with Gasteiger partial charge in [-0.2, -0.15) is 0 Å². The summed E-state index contributed by atoms with van der Waals surface area (Å²) < 4.78 is 5.53. The molecule has 0 saturated heterocycles. The Balaban J connectivity index is 1.65. The number of rotatable bonds is 5. The first kappa shape index (κ1) is 14.5. The van der Waals surface area contributed by atoms with Gasteiger partial charge in [0.05, 0.1) is 17.4 Å². The Labute approximate surface area is 129 Å². The minimum Gasteiger partial charge on any atom is -0.490 e. The number of ketones is 1. The maximum atomic E-state index is 12.5. The van der Waals surface area contributed by atoms with Gasteiger partial charge in [0.25, 0.3) is 0 Å². The molecule has 0 aliphatic carbocycles. The molecule has 0 saturated carbocycles. The van der Waals surface area contributed by atoms with Gasteiger partial charge in [0.2, 0.25) is 0 Å². The molecule has 22 heavy (non-hydrogen) atoms. The molecule has 0 spiro atoms. The number of fused-ring (bicyclic) bond motifs is 1. The van der Waals surface area contributed by atoms with Crippen LogP contribution >= 0.6 is 0 Å². The molecule has 0 amide bonds. The van der Waals surface area contributed by atoms with E-state index in [1.807, 2.05) is 43.3 Å². The highest BCUT2D eigenvalue weighted by Crippen LogP contribution is 2.28. The van der Waals surface area contributed by atoms with Gasteiger partial charge in [-0.15, -0.1) is 0 Å². The van der Waals surface area contributed by atoms with Gasteiger partial charge in [0.15, 0.2) is 5.78 Å². The number of benzene rings is 1. The third kappa shape index (κ3) is 3.26. The smallest absolute Gasteiger partial charge is 0.179 e. The van der Waals surface area contributed by atoms with E-state index in [1.54, 1.807) is 6.20 Å². The highest BCUT2D eigenvalue weighted by atomic mass is 16.5. The standard InChI is InChI=1S/C17H19N3O2/c1-12(20-11-14-4-2-3-7-18-14)17(21)13-5-6-16-15(10-13)19-8-9-22-16/h2-7,10,12,19-20H,8-9,11H2,1H3. The normalized spacial score (nSPS) is 14.4. The van der Waals surface area contributed by atoms with Gasteiger partial charge >= 0.3 is 0 Å². The van der Waals surface area contributed by atoms with Crippen molar-refractivity contribution in [2.24, 2.45) is 0 Å².